The predicted molar refractivity (Wildman–Crippen MR) is 147 cm³/mol. The summed E-state index contributed by atoms with van der Waals surface area (Å²) in [6, 6.07) is 21.5. The first-order valence-electron chi connectivity index (χ1n) is 12.1. The molecule has 1 atom stereocenters. The smallest absolute Gasteiger partial charge is 0.264 e. The summed E-state index contributed by atoms with van der Waals surface area (Å²) in [6.07, 6.45) is 0.516. The van der Waals surface area contributed by atoms with Gasteiger partial charge in [-0.15, -0.1) is 0 Å². The van der Waals surface area contributed by atoms with Gasteiger partial charge in [-0.05, 0) is 69.2 Å². The van der Waals surface area contributed by atoms with Gasteiger partial charge in [0.15, 0.2) is 0 Å². The molecule has 0 aliphatic carbocycles. The second-order valence-electron chi connectivity index (χ2n) is 8.69. The topological polar surface area (TPSA) is 86.8 Å². The number of amides is 2. The molecule has 0 bridgehead atoms. The molecule has 37 heavy (non-hydrogen) atoms. The summed E-state index contributed by atoms with van der Waals surface area (Å²) in [5.41, 5.74) is 2.22. The van der Waals surface area contributed by atoms with Crippen LogP contribution < -0.4 is 9.62 Å². The van der Waals surface area contributed by atoms with Gasteiger partial charge in [0.1, 0.15) is 12.6 Å². The highest BCUT2D eigenvalue weighted by Crippen LogP contribution is 2.26. The lowest BCUT2D eigenvalue weighted by atomic mass is 10.1. The van der Waals surface area contributed by atoms with Crippen LogP contribution >= 0.6 is 11.6 Å². The van der Waals surface area contributed by atoms with E-state index >= 15 is 0 Å². The zero-order valence-electron chi connectivity index (χ0n) is 21.2. The SMILES string of the molecule is CCNC(=O)[C@H](C)N(CCc1ccccc1)C(=O)CN(c1ccc(Cl)cc1)S(=O)(=O)c1ccc(C)cc1. The molecule has 0 aliphatic rings. The zero-order valence-corrected chi connectivity index (χ0v) is 22.8. The highest BCUT2D eigenvalue weighted by Gasteiger charge is 2.32. The molecule has 3 aromatic carbocycles. The average molecular weight is 542 g/mol. The van der Waals surface area contributed by atoms with Gasteiger partial charge in [0.25, 0.3) is 10.0 Å². The Morgan fingerprint density at radius 2 is 1.57 bits per heavy atom. The maximum absolute atomic E-state index is 13.7. The van der Waals surface area contributed by atoms with Crippen molar-refractivity contribution in [3.63, 3.8) is 0 Å². The van der Waals surface area contributed by atoms with E-state index in [1.54, 1.807) is 50.2 Å². The van der Waals surface area contributed by atoms with Gasteiger partial charge < -0.3 is 10.2 Å². The van der Waals surface area contributed by atoms with Crippen LogP contribution in [0.1, 0.15) is 25.0 Å². The second kappa shape index (κ2) is 12.7. The van der Waals surface area contributed by atoms with Crippen LogP contribution in [-0.2, 0) is 26.0 Å². The van der Waals surface area contributed by atoms with Gasteiger partial charge in [0, 0.05) is 18.1 Å². The minimum atomic E-state index is -4.09. The van der Waals surface area contributed by atoms with Crippen LogP contribution in [0.5, 0.6) is 0 Å². The molecule has 3 aromatic rings. The Hall–Kier alpha value is -3.36. The van der Waals surface area contributed by atoms with Gasteiger partial charge in [-0.3, -0.25) is 13.9 Å². The van der Waals surface area contributed by atoms with Crippen molar-refractivity contribution in [2.75, 3.05) is 23.9 Å². The van der Waals surface area contributed by atoms with Crippen molar-refractivity contribution in [2.45, 2.75) is 38.1 Å². The third kappa shape index (κ3) is 7.33. The fourth-order valence-corrected chi connectivity index (χ4v) is 5.41. The van der Waals surface area contributed by atoms with Crippen LogP contribution in [-0.4, -0.2) is 50.8 Å². The van der Waals surface area contributed by atoms with Gasteiger partial charge in [-0.2, -0.15) is 0 Å². The first-order valence-corrected chi connectivity index (χ1v) is 13.9. The Balaban J connectivity index is 1.96. The third-order valence-corrected chi connectivity index (χ3v) is 8.05. The second-order valence-corrected chi connectivity index (χ2v) is 11.0. The van der Waals surface area contributed by atoms with E-state index < -0.39 is 28.5 Å². The summed E-state index contributed by atoms with van der Waals surface area (Å²) in [7, 11) is -4.09. The monoisotopic (exact) mass is 541 g/mol. The number of carbonyl (C=O) groups is 2. The third-order valence-electron chi connectivity index (χ3n) is 6.00. The molecule has 7 nitrogen and oxygen atoms in total. The molecule has 0 saturated heterocycles. The van der Waals surface area contributed by atoms with Crippen LogP contribution in [0.4, 0.5) is 5.69 Å². The minimum absolute atomic E-state index is 0.0634. The Kier molecular flexibility index (Phi) is 9.72. The molecule has 196 valence electrons. The van der Waals surface area contributed by atoms with Crippen LogP contribution in [0.3, 0.4) is 0 Å². The van der Waals surface area contributed by atoms with Crippen molar-refractivity contribution in [1.82, 2.24) is 10.2 Å². The van der Waals surface area contributed by atoms with Gasteiger partial charge >= 0.3 is 0 Å². The van der Waals surface area contributed by atoms with Crippen LogP contribution in [0, 0.1) is 6.92 Å². The van der Waals surface area contributed by atoms with E-state index in [0.717, 1.165) is 15.4 Å². The maximum Gasteiger partial charge on any atom is 0.264 e. The molecule has 0 heterocycles. The van der Waals surface area contributed by atoms with Crippen molar-refractivity contribution in [3.05, 3.63) is 95.0 Å². The number of likely N-dealkylation sites (N-methyl/N-ethyl adjacent to an activating group) is 1. The summed E-state index contributed by atoms with van der Waals surface area (Å²) < 4.78 is 28.5. The number of anilines is 1. The van der Waals surface area contributed by atoms with E-state index in [0.29, 0.717) is 23.7 Å². The molecular weight excluding hydrogens is 510 g/mol. The number of nitrogens with one attached hydrogen (secondary N) is 1. The standard InChI is InChI=1S/C28H32ClN3O4S/c1-4-30-28(34)22(3)31(19-18-23-8-6-5-7-9-23)27(33)20-32(25-14-12-24(29)13-15-25)37(35,36)26-16-10-21(2)11-17-26/h5-17,22H,4,18-20H2,1-3H3,(H,30,34)/t22-/m0/s1. The molecule has 9 heteroatoms. The van der Waals surface area contributed by atoms with Gasteiger partial charge in [-0.1, -0.05) is 59.6 Å². The first kappa shape index (κ1) is 28.2. The summed E-state index contributed by atoms with van der Waals surface area (Å²) in [5, 5.41) is 3.19. The molecule has 1 N–H and O–H groups in total. The molecule has 0 spiro atoms. The van der Waals surface area contributed by atoms with E-state index in [1.165, 1.54) is 17.0 Å². The number of hydrogen-bond acceptors (Lipinski definition) is 4. The van der Waals surface area contributed by atoms with E-state index in [2.05, 4.69) is 5.32 Å². The lowest BCUT2D eigenvalue weighted by molar-refractivity contribution is -0.138. The minimum Gasteiger partial charge on any atom is -0.355 e. The van der Waals surface area contributed by atoms with E-state index in [-0.39, 0.29) is 17.3 Å². The first-order chi connectivity index (χ1) is 17.6. The molecule has 0 fully saturated rings. The van der Waals surface area contributed by atoms with Crippen molar-refractivity contribution in [1.29, 1.82) is 0 Å². The molecule has 0 aliphatic heterocycles. The van der Waals surface area contributed by atoms with Crippen molar-refractivity contribution in [3.8, 4) is 0 Å². The van der Waals surface area contributed by atoms with Crippen LogP contribution in [0.15, 0.2) is 83.8 Å². The summed E-state index contributed by atoms with van der Waals surface area (Å²) in [6.45, 7) is 5.51. The molecule has 0 saturated carbocycles. The summed E-state index contributed by atoms with van der Waals surface area (Å²) in [4.78, 5) is 27.9. The highest BCUT2D eigenvalue weighted by molar-refractivity contribution is 7.92. The van der Waals surface area contributed by atoms with Gasteiger partial charge in [0.2, 0.25) is 11.8 Å². The predicted octanol–water partition coefficient (Wildman–Crippen LogP) is 4.44. The average Bonchev–Trinajstić information content (AvgIpc) is 2.89. The number of halogens is 1. The highest BCUT2D eigenvalue weighted by atomic mass is 35.5. The quantitative estimate of drug-likeness (QED) is 0.389. The fraction of sp³-hybridized carbons (Fsp3) is 0.286. The lowest BCUT2D eigenvalue weighted by Crippen LogP contribution is -2.52. The number of aryl methyl sites for hydroxylation is 1. The Labute approximate surface area is 224 Å². The van der Waals surface area contributed by atoms with Crippen molar-refractivity contribution in [2.24, 2.45) is 0 Å². The van der Waals surface area contributed by atoms with Gasteiger partial charge in [0.05, 0.1) is 10.6 Å². The van der Waals surface area contributed by atoms with Crippen molar-refractivity contribution >= 4 is 39.1 Å². The Morgan fingerprint density at radius 1 is 0.946 bits per heavy atom. The number of rotatable bonds is 11. The number of sulfonamides is 1. The lowest BCUT2D eigenvalue weighted by Gasteiger charge is -2.32. The molecule has 2 amide bonds. The summed E-state index contributed by atoms with van der Waals surface area (Å²) in [5.74, 6) is -0.788. The van der Waals surface area contributed by atoms with E-state index in [4.69, 9.17) is 11.6 Å². The molecular formula is C28H32ClN3O4S. The van der Waals surface area contributed by atoms with E-state index in [1.807, 2.05) is 37.3 Å². The summed E-state index contributed by atoms with van der Waals surface area (Å²) >= 11 is 6.04. The normalized spacial score (nSPS) is 12.0. The van der Waals surface area contributed by atoms with E-state index in [9.17, 15) is 18.0 Å². The molecule has 0 unspecified atom stereocenters. The fourth-order valence-electron chi connectivity index (χ4n) is 3.87. The Bertz CT molecular complexity index is 1300. The Morgan fingerprint density at radius 3 is 2.16 bits per heavy atom. The molecule has 0 radical (unpaired) electrons. The molecule has 0 aromatic heterocycles. The largest absolute Gasteiger partial charge is 0.355 e. The maximum atomic E-state index is 13.7. The number of hydrogen-bond donors (Lipinski definition) is 1. The molecule has 3 rings (SSSR count). The van der Waals surface area contributed by atoms with Crippen molar-refractivity contribution < 1.29 is 18.0 Å². The number of nitrogens with zero attached hydrogens (tertiary/aromatic N) is 2. The van der Waals surface area contributed by atoms with Gasteiger partial charge in [-0.25, -0.2) is 8.42 Å². The zero-order chi connectivity index (χ0) is 27.0. The number of carbonyl (C=O) groups excluding carboxylic acids is 2. The van der Waals surface area contributed by atoms with Crippen LogP contribution in [0.25, 0.3) is 0 Å². The number of benzene rings is 3. The van der Waals surface area contributed by atoms with Crippen LogP contribution in [0.2, 0.25) is 5.02 Å².